The number of hydrogen-bond acceptors (Lipinski definition) is 6. The molecule has 0 aromatic heterocycles. The molecule has 2 aromatic rings. The maximum Gasteiger partial charge on any atom is 0.471 e. The number of carbonyl (C=O) groups is 2. The molecule has 0 heterocycles. The quantitative estimate of drug-likeness (QED) is 0.307. The van der Waals surface area contributed by atoms with Gasteiger partial charge in [-0.2, -0.15) is 18.3 Å². The molecular weight excluding hydrogens is 383 g/mol. The van der Waals surface area contributed by atoms with E-state index in [0.717, 1.165) is 12.1 Å². The minimum Gasteiger partial charge on any atom is -0.504 e. The van der Waals surface area contributed by atoms with Crippen molar-refractivity contribution < 1.29 is 38.1 Å². The van der Waals surface area contributed by atoms with E-state index in [9.17, 15) is 38.1 Å². The molecule has 0 bridgehead atoms. The van der Waals surface area contributed by atoms with Crippen molar-refractivity contribution >= 4 is 23.2 Å². The summed E-state index contributed by atoms with van der Waals surface area (Å²) in [5.41, 5.74) is 2.65. The summed E-state index contributed by atoms with van der Waals surface area (Å²) in [7, 11) is 0. The van der Waals surface area contributed by atoms with Crippen molar-refractivity contribution in [1.29, 1.82) is 0 Å². The molecule has 0 aliphatic heterocycles. The van der Waals surface area contributed by atoms with Gasteiger partial charge in [-0.1, -0.05) is 12.1 Å². The molecule has 0 aliphatic rings. The first-order chi connectivity index (χ1) is 13.0. The Bertz CT molecular complexity index is 917. The van der Waals surface area contributed by atoms with E-state index in [1.807, 2.05) is 0 Å². The number of aromatic hydroxyl groups is 3. The number of rotatable bonds is 4. The summed E-state index contributed by atoms with van der Waals surface area (Å²) in [6.45, 7) is 1.51. The monoisotopic (exact) mass is 397 g/mol. The van der Waals surface area contributed by atoms with Crippen LogP contribution in [0.3, 0.4) is 0 Å². The van der Waals surface area contributed by atoms with Crippen LogP contribution in [0.4, 0.5) is 18.9 Å². The van der Waals surface area contributed by atoms with E-state index >= 15 is 0 Å². The van der Waals surface area contributed by atoms with Crippen LogP contribution in [0.15, 0.2) is 41.5 Å². The average molecular weight is 397 g/mol. The zero-order chi connectivity index (χ0) is 21.1. The number of hydrazone groups is 1. The molecule has 2 rings (SSSR count). The first-order valence-corrected chi connectivity index (χ1v) is 7.57. The Morgan fingerprint density at radius 2 is 1.50 bits per heavy atom. The van der Waals surface area contributed by atoms with Gasteiger partial charge in [0.1, 0.15) is 0 Å². The number of benzene rings is 2. The molecule has 0 spiro atoms. The van der Waals surface area contributed by atoms with E-state index in [2.05, 4.69) is 10.5 Å². The first-order valence-electron chi connectivity index (χ1n) is 7.57. The van der Waals surface area contributed by atoms with E-state index in [1.165, 1.54) is 31.2 Å². The molecule has 0 aliphatic carbocycles. The number of anilines is 1. The van der Waals surface area contributed by atoms with Crippen LogP contribution in [0.25, 0.3) is 0 Å². The average Bonchev–Trinajstić information content (AvgIpc) is 2.63. The largest absolute Gasteiger partial charge is 0.504 e. The lowest BCUT2D eigenvalue weighted by molar-refractivity contribution is -0.167. The van der Waals surface area contributed by atoms with Crippen LogP contribution < -0.4 is 10.7 Å². The normalized spacial score (nSPS) is 11.8. The molecule has 0 saturated heterocycles. The summed E-state index contributed by atoms with van der Waals surface area (Å²) in [6, 6.07) is 7.08. The fourth-order valence-electron chi connectivity index (χ4n) is 2.00. The Hall–Kier alpha value is -3.76. The predicted molar refractivity (Wildman–Crippen MR) is 92.2 cm³/mol. The predicted octanol–water partition coefficient (Wildman–Crippen LogP) is 2.46. The zero-order valence-electron chi connectivity index (χ0n) is 14.2. The molecule has 11 heteroatoms. The molecule has 0 radical (unpaired) electrons. The van der Waals surface area contributed by atoms with E-state index in [4.69, 9.17) is 0 Å². The number of hydrogen-bond donors (Lipinski definition) is 5. The van der Waals surface area contributed by atoms with Gasteiger partial charge in [0.25, 0.3) is 5.91 Å². The van der Waals surface area contributed by atoms with Crippen LogP contribution >= 0.6 is 0 Å². The van der Waals surface area contributed by atoms with Gasteiger partial charge in [0.2, 0.25) is 0 Å². The van der Waals surface area contributed by atoms with Gasteiger partial charge in [0.05, 0.1) is 5.71 Å². The third-order valence-corrected chi connectivity index (χ3v) is 3.48. The highest BCUT2D eigenvalue weighted by Gasteiger charge is 2.38. The van der Waals surface area contributed by atoms with Gasteiger partial charge in [-0.25, -0.2) is 5.43 Å². The van der Waals surface area contributed by atoms with Gasteiger partial charge in [-0.15, -0.1) is 0 Å². The zero-order valence-corrected chi connectivity index (χ0v) is 14.2. The standard InChI is InChI=1S/C17H14F3N3O5/c1-8(9-2-4-11(5-3-9)21-16(28)17(18,19)20)22-23-15(27)10-6-12(24)14(26)13(25)7-10/h2-7,24-26H,1H3,(H,21,28)(H,23,27). The van der Waals surface area contributed by atoms with E-state index in [1.54, 1.807) is 5.32 Å². The third-order valence-electron chi connectivity index (χ3n) is 3.48. The summed E-state index contributed by atoms with van der Waals surface area (Å²) in [4.78, 5) is 22.9. The number of carbonyl (C=O) groups excluding carboxylic acids is 2. The Morgan fingerprint density at radius 3 is 2.00 bits per heavy atom. The molecule has 28 heavy (non-hydrogen) atoms. The Balaban J connectivity index is 2.07. The van der Waals surface area contributed by atoms with Crippen LogP contribution in [-0.2, 0) is 4.79 Å². The molecule has 0 unspecified atom stereocenters. The Morgan fingerprint density at radius 1 is 0.964 bits per heavy atom. The van der Waals surface area contributed by atoms with Crippen LogP contribution in [0, 0.1) is 0 Å². The number of nitrogens with one attached hydrogen (secondary N) is 2. The number of alkyl halides is 3. The molecule has 0 saturated carbocycles. The van der Waals surface area contributed by atoms with Crippen molar-refractivity contribution in [3.8, 4) is 17.2 Å². The van der Waals surface area contributed by atoms with Crippen molar-refractivity contribution in [1.82, 2.24) is 5.43 Å². The van der Waals surface area contributed by atoms with Crippen LogP contribution in [0.2, 0.25) is 0 Å². The smallest absolute Gasteiger partial charge is 0.471 e. The minimum absolute atomic E-state index is 0.0713. The Labute approximate surface area is 155 Å². The van der Waals surface area contributed by atoms with Gasteiger partial charge in [0, 0.05) is 11.3 Å². The van der Waals surface area contributed by atoms with Crippen molar-refractivity contribution in [3.05, 3.63) is 47.5 Å². The second-order valence-corrected chi connectivity index (χ2v) is 5.53. The lowest BCUT2D eigenvalue weighted by Gasteiger charge is -2.09. The Kier molecular flexibility index (Phi) is 5.77. The number of phenolic OH excluding ortho intramolecular Hbond substituents is 3. The first kappa shape index (κ1) is 20.6. The minimum atomic E-state index is -5.00. The van der Waals surface area contributed by atoms with Crippen LogP contribution in [0.5, 0.6) is 17.2 Å². The van der Waals surface area contributed by atoms with Crippen LogP contribution in [0.1, 0.15) is 22.8 Å². The second-order valence-electron chi connectivity index (χ2n) is 5.53. The summed E-state index contributed by atoms with van der Waals surface area (Å²) in [6.07, 6.45) is -5.00. The molecule has 2 amide bonds. The van der Waals surface area contributed by atoms with Gasteiger partial charge in [0.15, 0.2) is 17.2 Å². The van der Waals surface area contributed by atoms with Crippen molar-refractivity contribution in [2.24, 2.45) is 5.10 Å². The van der Waals surface area contributed by atoms with Gasteiger partial charge in [-0.05, 0) is 36.8 Å². The maximum atomic E-state index is 12.2. The lowest BCUT2D eigenvalue weighted by Crippen LogP contribution is -2.29. The second kappa shape index (κ2) is 7.86. The lowest BCUT2D eigenvalue weighted by atomic mass is 10.1. The van der Waals surface area contributed by atoms with Crippen molar-refractivity contribution in [2.45, 2.75) is 13.1 Å². The van der Waals surface area contributed by atoms with E-state index in [0.29, 0.717) is 5.56 Å². The summed E-state index contributed by atoms with van der Waals surface area (Å²) < 4.78 is 36.6. The van der Waals surface area contributed by atoms with Gasteiger partial charge in [-0.3, -0.25) is 9.59 Å². The van der Waals surface area contributed by atoms with Crippen molar-refractivity contribution in [3.63, 3.8) is 0 Å². The molecule has 5 N–H and O–H groups in total. The van der Waals surface area contributed by atoms with Crippen LogP contribution in [-0.4, -0.2) is 39.0 Å². The number of amides is 2. The number of nitrogens with zero attached hydrogens (tertiary/aromatic N) is 1. The summed E-state index contributed by atoms with van der Waals surface area (Å²) >= 11 is 0. The number of halogens is 3. The topological polar surface area (TPSA) is 131 Å². The summed E-state index contributed by atoms with van der Waals surface area (Å²) in [5.74, 6) is -5.05. The molecule has 148 valence electrons. The van der Waals surface area contributed by atoms with Gasteiger partial charge < -0.3 is 20.6 Å². The fraction of sp³-hybridized carbons (Fsp3) is 0.118. The highest BCUT2D eigenvalue weighted by atomic mass is 19.4. The third kappa shape index (κ3) is 4.90. The van der Waals surface area contributed by atoms with E-state index in [-0.39, 0.29) is 17.0 Å². The fourth-order valence-corrected chi connectivity index (χ4v) is 2.00. The molecule has 2 aromatic carbocycles. The molecule has 0 fully saturated rings. The van der Waals surface area contributed by atoms with Gasteiger partial charge >= 0.3 is 12.1 Å². The molecule has 8 nitrogen and oxygen atoms in total. The SMILES string of the molecule is CC(=NNC(=O)c1cc(O)c(O)c(O)c1)c1ccc(NC(=O)C(F)(F)F)cc1. The maximum absolute atomic E-state index is 12.2. The molecular formula is C17H14F3N3O5. The van der Waals surface area contributed by atoms with E-state index < -0.39 is 35.2 Å². The number of phenols is 3. The highest BCUT2D eigenvalue weighted by Crippen LogP contribution is 2.35. The highest BCUT2D eigenvalue weighted by molar-refractivity contribution is 6.02. The molecule has 0 atom stereocenters. The summed E-state index contributed by atoms with van der Waals surface area (Å²) in [5, 5.41) is 33.5. The van der Waals surface area contributed by atoms with Crippen molar-refractivity contribution in [2.75, 3.05) is 5.32 Å².